The predicted octanol–water partition coefficient (Wildman–Crippen LogP) is 3.14. The van der Waals surface area contributed by atoms with Gasteiger partial charge in [0, 0.05) is 11.0 Å². The summed E-state index contributed by atoms with van der Waals surface area (Å²) >= 11 is 3.51. The normalized spacial score (nSPS) is 12.1. The van der Waals surface area contributed by atoms with Gasteiger partial charge in [-0.1, -0.05) is 29.8 Å². The van der Waals surface area contributed by atoms with Crippen molar-refractivity contribution in [2.75, 3.05) is 21.3 Å². The molecule has 1 aromatic carbocycles. The number of methoxy groups -OCH3 is 3. The number of hydrogen-bond donors (Lipinski definition) is 1. The Balaban J connectivity index is 2.86. The van der Waals surface area contributed by atoms with Crippen LogP contribution >= 0.6 is 15.9 Å². The summed E-state index contributed by atoms with van der Waals surface area (Å²) in [7, 11) is 4.60. The predicted molar refractivity (Wildman–Crippen MR) is 89.3 cm³/mol. The fraction of sp³-hybridized carbons (Fsp3) is 0.562. The van der Waals surface area contributed by atoms with Gasteiger partial charge in [0.2, 0.25) is 0 Å². The van der Waals surface area contributed by atoms with E-state index in [4.69, 9.17) is 14.2 Å². The van der Waals surface area contributed by atoms with E-state index in [1.165, 1.54) is 7.11 Å². The molecule has 124 valence electrons. The molecule has 0 bridgehead atoms. The molecular formula is C16H24BrNO4. The first-order valence-corrected chi connectivity index (χ1v) is 7.93. The zero-order valence-electron chi connectivity index (χ0n) is 13.7. The minimum absolute atomic E-state index is 0.245. The maximum absolute atomic E-state index is 11.8. The molecule has 0 aliphatic rings. The van der Waals surface area contributed by atoms with Crippen molar-refractivity contribution in [3.05, 3.63) is 22.2 Å². The van der Waals surface area contributed by atoms with E-state index in [0.29, 0.717) is 24.0 Å². The molecule has 0 fully saturated rings. The van der Waals surface area contributed by atoms with E-state index in [9.17, 15) is 4.79 Å². The molecule has 0 aromatic heterocycles. The number of benzene rings is 1. The molecule has 0 radical (unpaired) electrons. The lowest BCUT2D eigenvalue weighted by Crippen LogP contribution is -2.38. The van der Waals surface area contributed by atoms with E-state index in [-0.39, 0.29) is 12.0 Å². The Morgan fingerprint density at radius 3 is 2.27 bits per heavy atom. The molecule has 1 rings (SSSR count). The summed E-state index contributed by atoms with van der Waals surface area (Å²) < 4.78 is 16.3. The van der Waals surface area contributed by atoms with Crippen LogP contribution in [0.4, 0.5) is 0 Å². The third-order valence-electron chi connectivity index (χ3n) is 3.28. The maximum Gasteiger partial charge on any atom is 0.322 e. The summed E-state index contributed by atoms with van der Waals surface area (Å²) in [6.07, 6.45) is 0.720. The van der Waals surface area contributed by atoms with E-state index >= 15 is 0 Å². The van der Waals surface area contributed by atoms with Crippen LogP contribution in [0.25, 0.3) is 0 Å². The third kappa shape index (κ3) is 5.18. The molecule has 1 aromatic rings. The molecular weight excluding hydrogens is 350 g/mol. The van der Waals surface area contributed by atoms with Crippen LogP contribution in [0.3, 0.4) is 0 Å². The Hall–Kier alpha value is -1.27. The number of carbonyl (C=O) groups excluding carboxylic acids is 1. The van der Waals surface area contributed by atoms with Gasteiger partial charge in [0.05, 0.1) is 21.3 Å². The van der Waals surface area contributed by atoms with Crippen LogP contribution in [0.15, 0.2) is 16.6 Å². The lowest BCUT2D eigenvalue weighted by Gasteiger charge is -2.19. The summed E-state index contributed by atoms with van der Waals surface area (Å²) in [6.45, 7) is 4.67. The van der Waals surface area contributed by atoms with Gasteiger partial charge in [-0.2, -0.15) is 0 Å². The molecule has 0 saturated carbocycles. The van der Waals surface area contributed by atoms with Gasteiger partial charge in [0.25, 0.3) is 0 Å². The molecule has 1 N–H and O–H groups in total. The molecule has 6 heteroatoms. The highest BCUT2D eigenvalue weighted by Crippen LogP contribution is 2.33. The van der Waals surface area contributed by atoms with Crippen LogP contribution in [-0.2, 0) is 16.1 Å². The molecule has 22 heavy (non-hydrogen) atoms. The van der Waals surface area contributed by atoms with Crippen molar-refractivity contribution >= 4 is 21.9 Å². The van der Waals surface area contributed by atoms with Crippen molar-refractivity contribution in [3.63, 3.8) is 0 Å². The van der Waals surface area contributed by atoms with Crippen molar-refractivity contribution in [2.24, 2.45) is 5.92 Å². The zero-order chi connectivity index (χ0) is 16.7. The number of rotatable bonds is 8. The quantitative estimate of drug-likeness (QED) is 0.709. The number of carbonyl (C=O) groups is 1. The minimum Gasteiger partial charge on any atom is -0.493 e. The first kappa shape index (κ1) is 18.8. The molecule has 5 nitrogen and oxygen atoms in total. The average molecular weight is 374 g/mol. The minimum atomic E-state index is -0.329. The average Bonchev–Trinajstić information content (AvgIpc) is 2.50. The molecule has 1 unspecified atom stereocenters. The second kappa shape index (κ2) is 9.00. The van der Waals surface area contributed by atoms with Gasteiger partial charge in [0.1, 0.15) is 6.04 Å². The first-order chi connectivity index (χ1) is 10.4. The first-order valence-electron chi connectivity index (χ1n) is 7.14. The summed E-state index contributed by atoms with van der Waals surface area (Å²) in [5.74, 6) is 1.46. The monoisotopic (exact) mass is 373 g/mol. The van der Waals surface area contributed by atoms with Gasteiger partial charge in [-0.05, 0) is 30.0 Å². The Morgan fingerprint density at radius 2 is 1.77 bits per heavy atom. The summed E-state index contributed by atoms with van der Waals surface area (Å²) in [5, 5.41) is 3.25. The van der Waals surface area contributed by atoms with Crippen LogP contribution in [0.5, 0.6) is 11.5 Å². The van der Waals surface area contributed by atoms with Crippen LogP contribution in [-0.4, -0.2) is 33.3 Å². The smallest absolute Gasteiger partial charge is 0.322 e. The van der Waals surface area contributed by atoms with Crippen molar-refractivity contribution < 1.29 is 19.0 Å². The summed E-state index contributed by atoms with van der Waals surface area (Å²) in [4.78, 5) is 11.8. The fourth-order valence-electron chi connectivity index (χ4n) is 2.14. The van der Waals surface area contributed by atoms with E-state index in [1.807, 2.05) is 12.1 Å². The van der Waals surface area contributed by atoms with E-state index < -0.39 is 0 Å². The van der Waals surface area contributed by atoms with Crippen molar-refractivity contribution in [1.82, 2.24) is 5.32 Å². The number of hydrogen-bond acceptors (Lipinski definition) is 5. The zero-order valence-corrected chi connectivity index (χ0v) is 15.3. The molecule has 0 aliphatic carbocycles. The molecule has 0 aliphatic heterocycles. The molecule has 1 atom stereocenters. The topological polar surface area (TPSA) is 56.8 Å². The number of esters is 1. The molecule has 0 amide bonds. The molecule has 0 spiro atoms. The highest BCUT2D eigenvalue weighted by atomic mass is 79.9. The van der Waals surface area contributed by atoms with E-state index in [1.54, 1.807) is 14.2 Å². The summed E-state index contributed by atoms with van der Waals surface area (Å²) in [6, 6.07) is 3.41. The Bertz CT molecular complexity index is 505. The fourth-order valence-corrected chi connectivity index (χ4v) is 2.60. The van der Waals surface area contributed by atoms with Crippen molar-refractivity contribution in [1.29, 1.82) is 0 Å². The highest BCUT2D eigenvalue weighted by Gasteiger charge is 2.20. The van der Waals surface area contributed by atoms with Crippen LogP contribution in [0.2, 0.25) is 0 Å². The van der Waals surface area contributed by atoms with Crippen LogP contribution in [0, 0.1) is 5.92 Å². The van der Waals surface area contributed by atoms with Gasteiger partial charge in [-0.3, -0.25) is 4.79 Å². The Kier molecular flexibility index (Phi) is 7.68. The van der Waals surface area contributed by atoms with Gasteiger partial charge < -0.3 is 19.5 Å². The van der Waals surface area contributed by atoms with Crippen LogP contribution < -0.4 is 14.8 Å². The van der Waals surface area contributed by atoms with Gasteiger partial charge in [0.15, 0.2) is 11.5 Å². The molecule has 0 saturated heterocycles. The Labute approximate surface area is 140 Å². The maximum atomic E-state index is 11.8. The number of halogens is 1. The second-order valence-electron chi connectivity index (χ2n) is 5.38. The van der Waals surface area contributed by atoms with Gasteiger partial charge in [-0.15, -0.1) is 0 Å². The van der Waals surface area contributed by atoms with Crippen molar-refractivity contribution in [2.45, 2.75) is 32.9 Å². The van der Waals surface area contributed by atoms with Crippen molar-refractivity contribution in [3.8, 4) is 11.5 Å². The molecule has 0 heterocycles. The van der Waals surface area contributed by atoms with Crippen LogP contribution in [0.1, 0.15) is 25.8 Å². The van der Waals surface area contributed by atoms with E-state index in [2.05, 4.69) is 35.1 Å². The van der Waals surface area contributed by atoms with Gasteiger partial charge >= 0.3 is 5.97 Å². The second-order valence-corrected chi connectivity index (χ2v) is 6.24. The largest absolute Gasteiger partial charge is 0.493 e. The summed E-state index contributed by atoms with van der Waals surface area (Å²) in [5.41, 5.74) is 0.982. The lowest BCUT2D eigenvalue weighted by atomic mass is 10.0. The van der Waals surface area contributed by atoms with E-state index in [0.717, 1.165) is 16.5 Å². The number of nitrogens with one attached hydrogen (secondary N) is 1. The third-order valence-corrected chi connectivity index (χ3v) is 4.02. The highest BCUT2D eigenvalue weighted by molar-refractivity contribution is 9.10. The number of ether oxygens (including phenoxy) is 3. The standard InChI is InChI=1S/C16H24BrNO4/c1-10(2)6-13(16(19)22-5)18-9-11-7-14(20-3)15(21-4)8-12(11)17/h7-8,10,13,18H,6,9H2,1-5H3. The lowest BCUT2D eigenvalue weighted by molar-refractivity contribution is -0.143. The SMILES string of the molecule is COC(=O)C(CC(C)C)NCc1cc(OC)c(OC)cc1Br. The van der Waals surface area contributed by atoms with Gasteiger partial charge in [-0.25, -0.2) is 0 Å². The Morgan fingerprint density at radius 1 is 1.18 bits per heavy atom.